The molecule has 31 heavy (non-hydrogen) atoms. The molecular formula is C24H20ClN3O2S. The first-order chi connectivity index (χ1) is 14.8. The van der Waals surface area contributed by atoms with Gasteiger partial charge in [0.25, 0.3) is 5.91 Å². The lowest BCUT2D eigenvalue weighted by Crippen LogP contribution is -2.34. The van der Waals surface area contributed by atoms with Crippen LogP contribution in [-0.4, -0.2) is 16.0 Å². The lowest BCUT2D eigenvalue weighted by molar-refractivity contribution is 0.0977. The Hall–Kier alpha value is -3.22. The largest absolute Gasteiger partial charge is 0.436 e. The zero-order valence-corrected chi connectivity index (χ0v) is 18.8. The van der Waals surface area contributed by atoms with E-state index in [0.29, 0.717) is 16.5 Å². The van der Waals surface area contributed by atoms with Crippen molar-refractivity contribution in [2.75, 3.05) is 5.32 Å². The zero-order valence-electron chi connectivity index (χ0n) is 17.2. The van der Waals surface area contributed by atoms with Gasteiger partial charge >= 0.3 is 0 Å². The highest BCUT2D eigenvalue weighted by atomic mass is 35.5. The summed E-state index contributed by atoms with van der Waals surface area (Å²) in [7, 11) is 0. The zero-order chi connectivity index (χ0) is 22.1. The SMILES string of the molecule is Cc1ccc2nc(-c3ccc(C)c(NC(=S)NC(=O)c4ccc(C)c(Cl)c4)c3)oc2c1. The number of nitrogens with zero attached hydrogens (tertiary/aromatic N) is 1. The highest BCUT2D eigenvalue weighted by Gasteiger charge is 2.13. The highest BCUT2D eigenvalue weighted by molar-refractivity contribution is 7.80. The van der Waals surface area contributed by atoms with Gasteiger partial charge in [0.05, 0.1) is 0 Å². The number of carbonyl (C=O) groups excluding carboxylic acids is 1. The third kappa shape index (κ3) is 4.60. The number of carbonyl (C=O) groups is 1. The fourth-order valence-corrected chi connectivity index (χ4v) is 3.49. The standard InChI is InChI=1S/C24H20ClN3O2S/c1-13-4-9-19-21(10-13)30-23(26-19)17-8-6-15(3)20(12-17)27-24(31)28-22(29)16-7-5-14(2)18(25)11-16/h4-12H,1-3H3,(H2,27,28,29,31). The molecule has 2 N–H and O–H groups in total. The molecule has 1 aromatic heterocycles. The van der Waals surface area contributed by atoms with Gasteiger partial charge in [0.15, 0.2) is 10.7 Å². The molecule has 7 heteroatoms. The van der Waals surface area contributed by atoms with E-state index in [2.05, 4.69) is 15.6 Å². The van der Waals surface area contributed by atoms with Crippen LogP contribution in [0, 0.1) is 20.8 Å². The molecule has 0 saturated heterocycles. The molecule has 0 unspecified atom stereocenters. The summed E-state index contributed by atoms with van der Waals surface area (Å²) < 4.78 is 5.92. The molecule has 1 amide bonds. The summed E-state index contributed by atoms with van der Waals surface area (Å²) in [4.78, 5) is 17.1. The van der Waals surface area contributed by atoms with Crippen molar-refractivity contribution in [3.05, 3.63) is 81.9 Å². The van der Waals surface area contributed by atoms with Crippen molar-refractivity contribution in [2.24, 2.45) is 0 Å². The first kappa shape index (κ1) is 21.0. The average molecular weight is 450 g/mol. The van der Waals surface area contributed by atoms with Gasteiger partial charge in [-0.15, -0.1) is 0 Å². The van der Waals surface area contributed by atoms with Gasteiger partial charge in [-0.1, -0.05) is 29.8 Å². The number of aromatic nitrogens is 1. The molecule has 0 atom stereocenters. The third-order valence-corrected chi connectivity index (χ3v) is 5.55. The summed E-state index contributed by atoms with van der Waals surface area (Å²) in [5.41, 5.74) is 6.51. The number of fused-ring (bicyclic) bond motifs is 1. The van der Waals surface area contributed by atoms with Crippen molar-refractivity contribution in [1.29, 1.82) is 0 Å². The summed E-state index contributed by atoms with van der Waals surface area (Å²) in [5.74, 6) is 0.190. The maximum Gasteiger partial charge on any atom is 0.257 e. The smallest absolute Gasteiger partial charge is 0.257 e. The second-order valence-corrected chi connectivity index (χ2v) is 8.21. The van der Waals surface area contributed by atoms with Crippen molar-refractivity contribution in [3.8, 4) is 11.5 Å². The van der Waals surface area contributed by atoms with Crippen LogP contribution in [0.4, 0.5) is 5.69 Å². The Bertz CT molecular complexity index is 1330. The van der Waals surface area contributed by atoms with Crippen molar-refractivity contribution in [3.63, 3.8) is 0 Å². The fourth-order valence-electron chi connectivity index (χ4n) is 3.11. The van der Waals surface area contributed by atoms with Crippen LogP contribution in [0.3, 0.4) is 0 Å². The van der Waals surface area contributed by atoms with Crippen LogP contribution in [-0.2, 0) is 0 Å². The van der Waals surface area contributed by atoms with Crippen LogP contribution < -0.4 is 10.6 Å². The average Bonchev–Trinajstić information content (AvgIpc) is 3.14. The van der Waals surface area contributed by atoms with E-state index in [9.17, 15) is 4.79 Å². The van der Waals surface area contributed by atoms with Crippen molar-refractivity contribution >= 4 is 51.6 Å². The van der Waals surface area contributed by atoms with Gasteiger partial charge in [0.2, 0.25) is 5.89 Å². The minimum absolute atomic E-state index is 0.190. The van der Waals surface area contributed by atoms with Gasteiger partial charge < -0.3 is 9.73 Å². The summed E-state index contributed by atoms with van der Waals surface area (Å²) in [6, 6.07) is 16.8. The number of nitrogens with one attached hydrogen (secondary N) is 2. The topological polar surface area (TPSA) is 67.2 Å². The third-order valence-electron chi connectivity index (χ3n) is 4.94. The summed E-state index contributed by atoms with van der Waals surface area (Å²) >= 11 is 11.5. The maximum atomic E-state index is 12.5. The molecule has 156 valence electrons. The number of aryl methyl sites for hydroxylation is 3. The normalized spacial score (nSPS) is 10.8. The molecule has 4 aromatic rings. The van der Waals surface area contributed by atoms with Gasteiger partial charge in [-0.2, -0.15) is 0 Å². The lowest BCUT2D eigenvalue weighted by atomic mass is 10.1. The molecular weight excluding hydrogens is 430 g/mol. The Morgan fingerprint density at radius 1 is 1.00 bits per heavy atom. The molecule has 3 aromatic carbocycles. The van der Waals surface area contributed by atoms with E-state index in [0.717, 1.165) is 39.0 Å². The van der Waals surface area contributed by atoms with Gasteiger partial charge in [0, 0.05) is 21.8 Å². The molecule has 0 aliphatic carbocycles. The number of benzene rings is 3. The van der Waals surface area contributed by atoms with Crippen molar-refractivity contribution < 1.29 is 9.21 Å². The van der Waals surface area contributed by atoms with Crippen LogP contribution in [0.1, 0.15) is 27.0 Å². The first-order valence-electron chi connectivity index (χ1n) is 9.67. The number of rotatable bonds is 3. The van der Waals surface area contributed by atoms with Crippen LogP contribution in [0.2, 0.25) is 5.02 Å². The molecule has 1 heterocycles. The minimum Gasteiger partial charge on any atom is -0.436 e. The van der Waals surface area contributed by atoms with E-state index in [1.165, 1.54) is 0 Å². The van der Waals surface area contributed by atoms with E-state index >= 15 is 0 Å². The van der Waals surface area contributed by atoms with E-state index in [1.54, 1.807) is 18.2 Å². The summed E-state index contributed by atoms with van der Waals surface area (Å²) in [6.07, 6.45) is 0. The molecule has 0 fully saturated rings. The van der Waals surface area contributed by atoms with Crippen LogP contribution in [0.5, 0.6) is 0 Å². The van der Waals surface area contributed by atoms with E-state index in [4.69, 9.17) is 28.2 Å². The summed E-state index contributed by atoms with van der Waals surface area (Å²) in [6.45, 7) is 5.84. The number of halogens is 1. The number of anilines is 1. The number of thiocarbonyl (C=S) groups is 1. The Morgan fingerprint density at radius 2 is 1.77 bits per heavy atom. The van der Waals surface area contributed by atoms with Crippen LogP contribution >= 0.6 is 23.8 Å². The van der Waals surface area contributed by atoms with Gasteiger partial charge in [-0.25, -0.2) is 4.98 Å². The number of hydrogen-bond donors (Lipinski definition) is 2. The Morgan fingerprint density at radius 3 is 2.55 bits per heavy atom. The quantitative estimate of drug-likeness (QED) is 0.364. The minimum atomic E-state index is -0.331. The number of oxazole rings is 1. The fraction of sp³-hybridized carbons (Fsp3) is 0.125. The predicted molar refractivity (Wildman–Crippen MR) is 129 cm³/mol. The molecule has 0 radical (unpaired) electrons. The molecule has 0 aliphatic heterocycles. The van der Waals surface area contributed by atoms with Crippen LogP contribution in [0.15, 0.2) is 59.0 Å². The Labute approximate surface area is 190 Å². The highest BCUT2D eigenvalue weighted by Crippen LogP contribution is 2.28. The Kier molecular flexibility index (Phi) is 5.76. The predicted octanol–water partition coefficient (Wildman–Crippen LogP) is 6.20. The van der Waals surface area contributed by atoms with Gasteiger partial charge in [-0.05, 0) is 86.1 Å². The maximum absolute atomic E-state index is 12.5. The molecule has 5 nitrogen and oxygen atoms in total. The second-order valence-electron chi connectivity index (χ2n) is 7.39. The van der Waals surface area contributed by atoms with E-state index < -0.39 is 0 Å². The van der Waals surface area contributed by atoms with Crippen molar-refractivity contribution in [1.82, 2.24) is 10.3 Å². The number of hydrogen-bond acceptors (Lipinski definition) is 4. The summed E-state index contributed by atoms with van der Waals surface area (Å²) in [5, 5.41) is 6.50. The monoisotopic (exact) mass is 449 g/mol. The lowest BCUT2D eigenvalue weighted by Gasteiger charge is -2.13. The molecule has 0 aliphatic rings. The first-order valence-corrected chi connectivity index (χ1v) is 10.5. The molecule has 0 saturated carbocycles. The van der Waals surface area contributed by atoms with Gasteiger partial charge in [-0.3, -0.25) is 10.1 Å². The van der Waals surface area contributed by atoms with Crippen LogP contribution in [0.25, 0.3) is 22.6 Å². The van der Waals surface area contributed by atoms with Crippen molar-refractivity contribution in [2.45, 2.75) is 20.8 Å². The molecule has 4 rings (SSSR count). The molecule has 0 spiro atoms. The Balaban J connectivity index is 1.53. The molecule has 0 bridgehead atoms. The van der Waals surface area contributed by atoms with Gasteiger partial charge in [0.1, 0.15) is 5.52 Å². The second kappa shape index (κ2) is 8.49. The van der Waals surface area contributed by atoms with E-state index in [1.807, 2.05) is 57.2 Å². The van der Waals surface area contributed by atoms with E-state index in [-0.39, 0.29) is 11.0 Å². The number of amides is 1.